The Morgan fingerprint density at radius 1 is 1.12 bits per heavy atom. The maximum absolute atomic E-state index is 12.7. The second kappa shape index (κ2) is 7.29. The minimum Gasteiger partial charge on any atom is -0.443 e. The highest BCUT2D eigenvalue weighted by atomic mass is 32.1. The summed E-state index contributed by atoms with van der Waals surface area (Å²) in [7, 11) is 0. The van der Waals surface area contributed by atoms with Gasteiger partial charge in [-0.25, -0.2) is 4.98 Å². The Balaban J connectivity index is 1.32. The molecular weight excluding hydrogens is 350 g/mol. The molecule has 3 heterocycles. The molecule has 1 aromatic carbocycles. The molecule has 4 rings (SSSR count). The number of oxazole rings is 1. The highest BCUT2D eigenvalue weighted by Gasteiger charge is 2.25. The zero-order valence-corrected chi connectivity index (χ0v) is 15.1. The lowest BCUT2D eigenvalue weighted by molar-refractivity contribution is -0.132. The lowest BCUT2D eigenvalue weighted by Gasteiger charge is -2.35. The van der Waals surface area contributed by atoms with Crippen LogP contribution in [0.25, 0.3) is 11.1 Å². The molecule has 1 saturated heterocycles. The summed E-state index contributed by atoms with van der Waals surface area (Å²) in [5.74, 6) is 0.134. The van der Waals surface area contributed by atoms with Crippen LogP contribution < -0.4 is 0 Å². The van der Waals surface area contributed by atoms with E-state index in [0.717, 1.165) is 6.42 Å². The Hall–Kier alpha value is -2.67. The first-order valence-corrected chi connectivity index (χ1v) is 9.51. The van der Waals surface area contributed by atoms with Gasteiger partial charge >= 0.3 is 0 Å². The largest absolute Gasteiger partial charge is 0.443 e. The number of carbonyl (C=O) groups excluding carboxylic acids is 2. The van der Waals surface area contributed by atoms with Crippen LogP contribution in [-0.2, 0) is 11.2 Å². The number of aryl methyl sites for hydroxylation is 1. The number of hydrogen-bond acceptors (Lipinski definition) is 5. The number of piperazine rings is 1. The molecule has 1 aliphatic rings. The lowest BCUT2D eigenvalue weighted by Crippen LogP contribution is -2.50. The summed E-state index contributed by atoms with van der Waals surface area (Å²) >= 11 is 1.68. The van der Waals surface area contributed by atoms with Crippen LogP contribution in [0.1, 0.15) is 21.7 Å². The Bertz CT molecular complexity index is 911. The fourth-order valence-corrected chi connectivity index (χ4v) is 3.88. The molecule has 0 bridgehead atoms. The van der Waals surface area contributed by atoms with Gasteiger partial charge in [-0.2, -0.15) is 0 Å². The fourth-order valence-electron chi connectivity index (χ4n) is 3.18. The van der Waals surface area contributed by atoms with Crippen molar-refractivity contribution in [3.8, 4) is 0 Å². The molecule has 2 aromatic heterocycles. The third-order valence-electron chi connectivity index (χ3n) is 4.66. The van der Waals surface area contributed by atoms with Crippen molar-refractivity contribution in [1.29, 1.82) is 0 Å². The lowest BCUT2D eigenvalue weighted by atomic mass is 10.1. The van der Waals surface area contributed by atoms with Crippen molar-refractivity contribution < 1.29 is 14.0 Å². The summed E-state index contributed by atoms with van der Waals surface area (Å²) in [5.41, 5.74) is 1.95. The molecule has 1 aliphatic heterocycles. The van der Waals surface area contributed by atoms with Crippen molar-refractivity contribution in [1.82, 2.24) is 14.8 Å². The van der Waals surface area contributed by atoms with Crippen LogP contribution in [0.2, 0.25) is 0 Å². The zero-order chi connectivity index (χ0) is 17.9. The van der Waals surface area contributed by atoms with Gasteiger partial charge in [-0.15, -0.1) is 11.3 Å². The van der Waals surface area contributed by atoms with Crippen LogP contribution in [0.4, 0.5) is 0 Å². The first-order chi connectivity index (χ1) is 12.7. The molecule has 0 spiro atoms. The standard InChI is InChI=1S/C19H19N3O3S/c23-18(6-4-15-2-1-11-26-15)21-7-9-22(10-8-21)19(24)14-3-5-17-16(12-14)20-13-25-17/h1-3,5,11-13H,4,6-10H2. The Morgan fingerprint density at radius 3 is 2.69 bits per heavy atom. The summed E-state index contributed by atoms with van der Waals surface area (Å²) < 4.78 is 5.21. The van der Waals surface area contributed by atoms with Gasteiger partial charge in [-0.3, -0.25) is 9.59 Å². The zero-order valence-electron chi connectivity index (χ0n) is 14.3. The van der Waals surface area contributed by atoms with Crippen LogP contribution in [-0.4, -0.2) is 52.8 Å². The van der Waals surface area contributed by atoms with Gasteiger partial charge in [0.25, 0.3) is 5.91 Å². The SMILES string of the molecule is O=C(CCc1cccs1)N1CCN(C(=O)c2ccc3ocnc3c2)CC1. The van der Waals surface area contributed by atoms with Crippen LogP contribution in [0.5, 0.6) is 0 Å². The van der Waals surface area contributed by atoms with Crippen molar-refractivity contribution in [3.63, 3.8) is 0 Å². The van der Waals surface area contributed by atoms with E-state index in [0.29, 0.717) is 49.3 Å². The number of aromatic nitrogens is 1. The summed E-state index contributed by atoms with van der Waals surface area (Å²) in [5, 5.41) is 2.03. The average Bonchev–Trinajstić information content (AvgIpc) is 3.36. The van der Waals surface area contributed by atoms with Crippen molar-refractivity contribution in [3.05, 3.63) is 52.5 Å². The minimum absolute atomic E-state index is 0.0272. The minimum atomic E-state index is -0.0272. The molecule has 7 heteroatoms. The van der Waals surface area contributed by atoms with Crippen LogP contribution in [0.15, 0.2) is 46.5 Å². The van der Waals surface area contributed by atoms with E-state index in [9.17, 15) is 9.59 Å². The Morgan fingerprint density at radius 2 is 1.92 bits per heavy atom. The molecular formula is C19H19N3O3S. The quantitative estimate of drug-likeness (QED) is 0.709. The number of amides is 2. The van der Waals surface area contributed by atoms with Gasteiger partial charge in [-0.1, -0.05) is 6.07 Å². The molecule has 0 aliphatic carbocycles. The average molecular weight is 369 g/mol. The van der Waals surface area contributed by atoms with Crippen molar-refractivity contribution >= 4 is 34.3 Å². The molecule has 0 radical (unpaired) electrons. The third-order valence-corrected chi connectivity index (χ3v) is 5.60. The number of nitrogens with zero attached hydrogens (tertiary/aromatic N) is 3. The van der Waals surface area contributed by atoms with Gasteiger partial charge in [0.2, 0.25) is 5.91 Å². The van der Waals surface area contributed by atoms with Crippen LogP contribution in [0, 0.1) is 0 Å². The number of carbonyl (C=O) groups is 2. The first kappa shape index (κ1) is 16.8. The summed E-state index contributed by atoms with van der Waals surface area (Å²) in [6.07, 6.45) is 2.68. The van der Waals surface area contributed by atoms with E-state index in [-0.39, 0.29) is 11.8 Å². The van der Waals surface area contributed by atoms with Crippen LogP contribution >= 0.6 is 11.3 Å². The molecule has 0 atom stereocenters. The molecule has 6 nitrogen and oxygen atoms in total. The van der Waals surface area contributed by atoms with E-state index in [1.807, 2.05) is 16.3 Å². The van der Waals surface area contributed by atoms with E-state index in [1.165, 1.54) is 11.3 Å². The molecule has 3 aromatic rings. The monoisotopic (exact) mass is 369 g/mol. The summed E-state index contributed by atoms with van der Waals surface area (Å²) in [6.45, 7) is 2.28. The topological polar surface area (TPSA) is 66.7 Å². The van der Waals surface area contributed by atoms with E-state index < -0.39 is 0 Å². The van der Waals surface area contributed by atoms with Crippen molar-refractivity contribution in [2.75, 3.05) is 26.2 Å². The van der Waals surface area contributed by atoms with E-state index in [1.54, 1.807) is 34.4 Å². The summed E-state index contributed by atoms with van der Waals surface area (Å²) in [6, 6.07) is 9.33. The van der Waals surface area contributed by atoms with Gasteiger partial charge in [-0.05, 0) is 36.1 Å². The predicted octanol–water partition coefficient (Wildman–Crippen LogP) is 2.81. The van der Waals surface area contributed by atoms with E-state index >= 15 is 0 Å². The van der Waals surface area contributed by atoms with E-state index in [2.05, 4.69) is 11.1 Å². The number of thiophene rings is 1. The molecule has 134 valence electrons. The third kappa shape index (κ3) is 3.48. The first-order valence-electron chi connectivity index (χ1n) is 8.63. The Labute approximate surface area is 155 Å². The maximum Gasteiger partial charge on any atom is 0.254 e. The fraction of sp³-hybridized carbons (Fsp3) is 0.316. The van der Waals surface area contributed by atoms with Gasteiger partial charge < -0.3 is 14.2 Å². The molecule has 1 fully saturated rings. The molecule has 0 N–H and O–H groups in total. The van der Waals surface area contributed by atoms with Gasteiger partial charge in [0.1, 0.15) is 5.52 Å². The molecule has 26 heavy (non-hydrogen) atoms. The van der Waals surface area contributed by atoms with E-state index in [4.69, 9.17) is 4.42 Å². The smallest absolute Gasteiger partial charge is 0.254 e. The number of fused-ring (bicyclic) bond motifs is 1. The number of rotatable bonds is 4. The second-order valence-corrected chi connectivity index (χ2v) is 7.32. The highest BCUT2D eigenvalue weighted by molar-refractivity contribution is 7.09. The second-order valence-electron chi connectivity index (χ2n) is 6.29. The molecule has 0 unspecified atom stereocenters. The molecule has 0 saturated carbocycles. The van der Waals surface area contributed by atoms with Crippen LogP contribution in [0.3, 0.4) is 0 Å². The highest BCUT2D eigenvalue weighted by Crippen LogP contribution is 2.17. The van der Waals surface area contributed by atoms with Gasteiger partial charge in [0.05, 0.1) is 0 Å². The number of hydrogen-bond donors (Lipinski definition) is 0. The Kier molecular flexibility index (Phi) is 4.71. The number of benzene rings is 1. The predicted molar refractivity (Wildman–Crippen MR) is 99.1 cm³/mol. The van der Waals surface area contributed by atoms with Crippen molar-refractivity contribution in [2.24, 2.45) is 0 Å². The normalized spacial score (nSPS) is 14.8. The molecule has 2 amide bonds. The van der Waals surface area contributed by atoms with Crippen molar-refractivity contribution in [2.45, 2.75) is 12.8 Å². The van der Waals surface area contributed by atoms with Gasteiger partial charge in [0, 0.05) is 43.0 Å². The summed E-state index contributed by atoms with van der Waals surface area (Å²) in [4.78, 5) is 34.0. The van der Waals surface area contributed by atoms with Gasteiger partial charge in [0.15, 0.2) is 12.0 Å². The maximum atomic E-state index is 12.7.